The highest BCUT2D eigenvalue weighted by Crippen LogP contribution is 2.31. The van der Waals surface area contributed by atoms with Gasteiger partial charge in [-0.05, 0) is 30.5 Å². The fourth-order valence-corrected chi connectivity index (χ4v) is 2.16. The molecule has 1 aliphatic rings. The Bertz CT molecular complexity index is 324. The quantitative estimate of drug-likeness (QED) is 0.616. The summed E-state index contributed by atoms with van der Waals surface area (Å²) in [5, 5.41) is 0. The van der Waals surface area contributed by atoms with E-state index in [2.05, 4.69) is 4.72 Å². The minimum atomic E-state index is -0.0116. The molecule has 12 heavy (non-hydrogen) atoms. The highest BCUT2D eigenvalue weighted by Gasteiger charge is 2.23. The molecule has 0 aromatic heterocycles. The number of amides is 1. The van der Waals surface area contributed by atoms with Crippen LogP contribution in [-0.2, 0) is 4.79 Å². The van der Waals surface area contributed by atoms with Crippen molar-refractivity contribution in [3.63, 3.8) is 0 Å². The molecule has 1 heterocycles. The molecule has 1 unspecified atom stereocenters. The van der Waals surface area contributed by atoms with Gasteiger partial charge in [-0.1, -0.05) is 18.2 Å². The number of hydrogen-bond acceptors (Lipinski definition) is 2. The van der Waals surface area contributed by atoms with E-state index in [-0.39, 0.29) is 11.8 Å². The van der Waals surface area contributed by atoms with Crippen LogP contribution in [0.5, 0.6) is 0 Å². The molecule has 0 fully saturated rings. The lowest BCUT2D eigenvalue weighted by atomic mass is 10.0. The minimum Gasteiger partial charge on any atom is -0.295 e. The van der Waals surface area contributed by atoms with Gasteiger partial charge in [-0.15, -0.1) is 0 Å². The van der Waals surface area contributed by atoms with Crippen LogP contribution in [0, 0.1) is 0 Å². The van der Waals surface area contributed by atoms with E-state index in [0.717, 1.165) is 10.5 Å². The van der Waals surface area contributed by atoms with Crippen molar-refractivity contribution >= 4 is 17.9 Å². The van der Waals surface area contributed by atoms with E-state index in [1.165, 1.54) is 11.9 Å². The van der Waals surface area contributed by atoms with Gasteiger partial charge in [-0.3, -0.25) is 9.52 Å². The first-order chi connectivity index (χ1) is 5.79. The molecule has 0 aliphatic carbocycles. The van der Waals surface area contributed by atoms with Gasteiger partial charge in [-0.25, -0.2) is 0 Å². The molecule has 3 heteroatoms. The molecule has 0 radical (unpaired) electrons. The first kappa shape index (κ1) is 7.68. The maximum absolute atomic E-state index is 11.2. The summed E-state index contributed by atoms with van der Waals surface area (Å²) >= 11 is 1.40. The molecule has 1 aromatic rings. The Morgan fingerprint density at radius 2 is 2.17 bits per heavy atom. The lowest BCUT2D eigenvalue weighted by Gasteiger charge is -2.20. The van der Waals surface area contributed by atoms with Crippen LogP contribution in [0.3, 0.4) is 0 Å². The number of rotatable bonds is 0. The molecule has 2 rings (SSSR count). The van der Waals surface area contributed by atoms with E-state index >= 15 is 0 Å². The first-order valence-electron chi connectivity index (χ1n) is 3.84. The van der Waals surface area contributed by atoms with Crippen molar-refractivity contribution in [2.75, 3.05) is 0 Å². The summed E-state index contributed by atoms with van der Waals surface area (Å²) in [6.07, 6.45) is 0. The van der Waals surface area contributed by atoms with E-state index < -0.39 is 0 Å². The average Bonchev–Trinajstić information content (AvgIpc) is 2.12. The normalized spacial score (nSPS) is 21.4. The fraction of sp³-hybridized carbons (Fsp3) is 0.222. The van der Waals surface area contributed by atoms with Gasteiger partial charge < -0.3 is 0 Å². The Hall–Kier alpha value is -0.960. The second kappa shape index (κ2) is 2.83. The van der Waals surface area contributed by atoms with Crippen LogP contribution in [0.15, 0.2) is 29.2 Å². The molecule has 1 atom stereocenters. The van der Waals surface area contributed by atoms with E-state index in [0.29, 0.717) is 0 Å². The second-order valence-corrected chi connectivity index (χ2v) is 3.68. The summed E-state index contributed by atoms with van der Waals surface area (Å²) in [6, 6.07) is 7.98. The maximum atomic E-state index is 11.2. The van der Waals surface area contributed by atoms with Gasteiger partial charge in [-0.2, -0.15) is 0 Å². The largest absolute Gasteiger partial charge is 0.295 e. The fourth-order valence-electron chi connectivity index (χ4n) is 1.27. The van der Waals surface area contributed by atoms with Crippen molar-refractivity contribution in [1.82, 2.24) is 4.72 Å². The summed E-state index contributed by atoms with van der Waals surface area (Å²) in [6.45, 7) is 1.92. The summed E-state index contributed by atoms with van der Waals surface area (Å²) < 4.78 is 2.77. The Morgan fingerprint density at radius 1 is 1.42 bits per heavy atom. The number of nitrogens with one attached hydrogen (secondary N) is 1. The zero-order valence-electron chi connectivity index (χ0n) is 6.70. The summed E-state index contributed by atoms with van der Waals surface area (Å²) in [5.74, 6) is 0.0844. The average molecular weight is 179 g/mol. The molecule has 2 nitrogen and oxygen atoms in total. The van der Waals surface area contributed by atoms with Crippen molar-refractivity contribution in [3.05, 3.63) is 29.8 Å². The summed E-state index contributed by atoms with van der Waals surface area (Å²) in [4.78, 5) is 12.4. The molecule has 0 saturated carbocycles. The predicted octanol–water partition coefficient (Wildman–Crippen LogP) is 1.93. The Morgan fingerprint density at radius 3 is 3.00 bits per heavy atom. The van der Waals surface area contributed by atoms with Gasteiger partial charge in [0.2, 0.25) is 5.91 Å². The number of benzene rings is 1. The van der Waals surface area contributed by atoms with Crippen molar-refractivity contribution < 1.29 is 4.79 Å². The van der Waals surface area contributed by atoms with E-state index in [1.54, 1.807) is 0 Å². The number of carbonyl (C=O) groups is 1. The molecule has 0 bridgehead atoms. The Kier molecular flexibility index (Phi) is 1.81. The summed E-state index contributed by atoms with van der Waals surface area (Å²) in [7, 11) is 0. The van der Waals surface area contributed by atoms with Gasteiger partial charge in [0.05, 0.1) is 5.92 Å². The third kappa shape index (κ3) is 1.10. The molecule has 1 N–H and O–H groups in total. The van der Waals surface area contributed by atoms with Crippen LogP contribution < -0.4 is 4.72 Å². The molecule has 0 spiro atoms. The Balaban J connectivity index is 2.48. The van der Waals surface area contributed by atoms with Crippen molar-refractivity contribution in [1.29, 1.82) is 0 Å². The number of fused-ring (bicyclic) bond motifs is 1. The summed E-state index contributed by atoms with van der Waals surface area (Å²) in [5.41, 5.74) is 1.13. The van der Waals surface area contributed by atoms with Crippen molar-refractivity contribution in [2.45, 2.75) is 17.7 Å². The van der Waals surface area contributed by atoms with Gasteiger partial charge >= 0.3 is 0 Å². The monoisotopic (exact) mass is 179 g/mol. The van der Waals surface area contributed by atoms with Crippen LogP contribution in [-0.4, -0.2) is 5.91 Å². The minimum absolute atomic E-state index is 0.0116. The highest BCUT2D eigenvalue weighted by atomic mass is 32.2. The highest BCUT2D eigenvalue weighted by molar-refractivity contribution is 7.98. The standard InChI is InChI=1S/C9H9NOS/c1-6-7-4-2-3-5-8(7)12-10-9(6)11/h2-6H,1H3,(H,10,11). The zero-order chi connectivity index (χ0) is 8.55. The number of carbonyl (C=O) groups excluding carboxylic acids is 1. The molecule has 1 aliphatic heterocycles. The van der Waals surface area contributed by atoms with Gasteiger partial charge in [0.25, 0.3) is 0 Å². The molecular formula is C9H9NOS. The van der Waals surface area contributed by atoms with Crippen molar-refractivity contribution in [2.24, 2.45) is 0 Å². The third-order valence-corrected chi connectivity index (χ3v) is 2.94. The Labute approximate surface area is 75.5 Å². The predicted molar refractivity (Wildman–Crippen MR) is 48.9 cm³/mol. The van der Waals surface area contributed by atoms with Gasteiger partial charge in [0.15, 0.2) is 0 Å². The van der Waals surface area contributed by atoms with Crippen molar-refractivity contribution in [3.8, 4) is 0 Å². The second-order valence-electron chi connectivity index (χ2n) is 2.83. The topological polar surface area (TPSA) is 29.1 Å². The smallest absolute Gasteiger partial charge is 0.237 e. The first-order valence-corrected chi connectivity index (χ1v) is 4.66. The SMILES string of the molecule is CC1C(=O)NSc2ccccc21. The van der Waals surface area contributed by atoms with Gasteiger partial charge in [0, 0.05) is 4.90 Å². The number of hydrogen-bond donors (Lipinski definition) is 1. The van der Waals surface area contributed by atoms with Crippen LogP contribution in [0.1, 0.15) is 18.4 Å². The van der Waals surface area contributed by atoms with E-state index in [1.807, 2.05) is 31.2 Å². The lowest BCUT2D eigenvalue weighted by molar-refractivity contribution is -0.120. The van der Waals surface area contributed by atoms with Crippen LogP contribution >= 0.6 is 11.9 Å². The van der Waals surface area contributed by atoms with Crippen LogP contribution in [0.4, 0.5) is 0 Å². The third-order valence-electron chi connectivity index (χ3n) is 2.04. The van der Waals surface area contributed by atoms with Crippen LogP contribution in [0.2, 0.25) is 0 Å². The van der Waals surface area contributed by atoms with E-state index in [9.17, 15) is 4.79 Å². The molecule has 1 amide bonds. The molecular weight excluding hydrogens is 170 g/mol. The molecule has 62 valence electrons. The van der Waals surface area contributed by atoms with Gasteiger partial charge in [0.1, 0.15) is 0 Å². The zero-order valence-corrected chi connectivity index (χ0v) is 7.52. The lowest BCUT2D eigenvalue weighted by Crippen LogP contribution is -2.26. The van der Waals surface area contributed by atoms with Crippen LogP contribution in [0.25, 0.3) is 0 Å². The molecule has 1 aromatic carbocycles. The van der Waals surface area contributed by atoms with E-state index in [4.69, 9.17) is 0 Å². The maximum Gasteiger partial charge on any atom is 0.237 e. The molecule has 0 saturated heterocycles.